The lowest BCUT2D eigenvalue weighted by molar-refractivity contribution is -0.387. The highest BCUT2D eigenvalue weighted by molar-refractivity contribution is 8.13. The molecule has 0 fully saturated rings. The number of carbonyl (C=O) groups is 1. The van der Waals surface area contributed by atoms with E-state index in [9.17, 15) is 29.5 Å². The van der Waals surface area contributed by atoms with Crippen molar-refractivity contribution in [2.24, 2.45) is 0 Å². The largest absolute Gasteiger partial charge is 0.390 e. The minimum absolute atomic E-state index is 0.0958. The maximum Gasteiger partial charge on any atom is 0.305 e. The van der Waals surface area contributed by atoms with Crippen molar-refractivity contribution in [3.63, 3.8) is 0 Å². The van der Waals surface area contributed by atoms with Gasteiger partial charge in [0.2, 0.25) is 5.82 Å². The Hall–Kier alpha value is -1.51. The third-order valence-corrected chi connectivity index (χ3v) is 3.78. The number of nitrogens with zero attached hydrogens (tertiary/aromatic N) is 1. The molecule has 8 heteroatoms. The molecule has 0 aromatic heterocycles. The van der Waals surface area contributed by atoms with Crippen LogP contribution in [-0.2, 0) is 4.79 Å². The maximum atomic E-state index is 13.6. The average molecular weight is 317 g/mol. The van der Waals surface area contributed by atoms with Crippen LogP contribution in [0.25, 0.3) is 0 Å². The lowest BCUT2D eigenvalue weighted by Gasteiger charge is -2.19. The molecule has 0 aliphatic heterocycles. The van der Waals surface area contributed by atoms with Gasteiger partial charge in [0.25, 0.3) is 0 Å². The van der Waals surface area contributed by atoms with Gasteiger partial charge in [-0.05, 0) is 30.5 Å². The highest BCUT2D eigenvalue weighted by Gasteiger charge is 2.24. The van der Waals surface area contributed by atoms with Crippen LogP contribution < -0.4 is 0 Å². The first-order valence-electron chi connectivity index (χ1n) is 6.18. The molecule has 1 rings (SSSR count). The molecule has 0 amide bonds. The molecular formula is C13H16FNO5S. The molecule has 0 saturated heterocycles. The first-order chi connectivity index (χ1) is 9.73. The van der Waals surface area contributed by atoms with Crippen molar-refractivity contribution in [2.75, 3.05) is 5.75 Å². The quantitative estimate of drug-likeness (QED) is 0.615. The van der Waals surface area contributed by atoms with Crippen LogP contribution in [0.5, 0.6) is 0 Å². The van der Waals surface area contributed by atoms with Crippen LogP contribution in [0.3, 0.4) is 0 Å². The van der Waals surface area contributed by atoms with Crippen molar-refractivity contribution in [3.05, 3.63) is 39.2 Å². The molecule has 2 N–H and O–H groups in total. The van der Waals surface area contributed by atoms with Crippen LogP contribution in [0, 0.1) is 22.9 Å². The second-order valence-electron chi connectivity index (χ2n) is 4.56. The number of hydrogen-bond donors (Lipinski definition) is 2. The van der Waals surface area contributed by atoms with Crippen molar-refractivity contribution < 1.29 is 24.3 Å². The van der Waals surface area contributed by atoms with Crippen LogP contribution in [-0.4, -0.2) is 32.1 Å². The number of hydrogen-bond acceptors (Lipinski definition) is 6. The molecule has 6 nitrogen and oxygen atoms in total. The Morgan fingerprint density at radius 3 is 2.62 bits per heavy atom. The van der Waals surface area contributed by atoms with Gasteiger partial charge in [-0.15, -0.1) is 0 Å². The summed E-state index contributed by atoms with van der Waals surface area (Å²) >= 11 is 1.01. The van der Waals surface area contributed by atoms with Gasteiger partial charge in [0.05, 0.1) is 11.0 Å². The molecule has 0 spiro atoms. The Bertz CT molecular complexity index is 552. The molecule has 1 aromatic rings. The Labute approximate surface area is 125 Å². The van der Waals surface area contributed by atoms with Crippen molar-refractivity contribution >= 4 is 22.6 Å². The van der Waals surface area contributed by atoms with Crippen LogP contribution in [0.4, 0.5) is 10.1 Å². The zero-order valence-corrected chi connectivity index (χ0v) is 12.4. The van der Waals surface area contributed by atoms with Crippen molar-refractivity contribution in [2.45, 2.75) is 32.5 Å². The highest BCUT2D eigenvalue weighted by atomic mass is 32.2. The summed E-state index contributed by atoms with van der Waals surface area (Å²) in [6.45, 7) is 2.88. The molecule has 0 heterocycles. The lowest BCUT2D eigenvalue weighted by Crippen LogP contribution is -2.20. The highest BCUT2D eigenvalue weighted by Crippen LogP contribution is 2.28. The van der Waals surface area contributed by atoms with E-state index in [-0.39, 0.29) is 17.1 Å². The fraction of sp³-hybridized carbons (Fsp3) is 0.462. The molecule has 21 heavy (non-hydrogen) atoms. The van der Waals surface area contributed by atoms with Crippen molar-refractivity contribution in [3.8, 4) is 0 Å². The van der Waals surface area contributed by atoms with Crippen LogP contribution in [0.15, 0.2) is 12.1 Å². The minimum Gasteiger partial charge on any atom is -0.390 e. The standard InChI is InChI=1S/C13H16FNO5S/c1-7-5-11(15(19)20)10(14)6-9(7)13(18)12(17)3-4-21-8(2)16/h5-6,12-13,17-18H,3-4H2,1-2H3. The normalized spacial score (nSPS) is 13.8. The Morgan fingerprint density at radius 2 is 2.10 bits per heavy atom. The molecule has 0 saturated carbocycles. The van der Waals surface area contributed by atoms with E-state index in [4.69, 9.17) is 0 Å². The number of rotatable bonds is 6. The van der Waals surface area contributed by atoms with Gasteiger partial charge in [-0.25, -0.2) is 0 Å². The first-order valence-corrected chi connectivity index (χ1v) is 7.16. The zero-order valence-electron chi connectivity index (χ0n) is 11.6. The predicted octanol–water partition coefficient (Wildman–Crippen LogP) is 2.11. The summed E-state index contributed by atoms with van der Waals surface area (Å²) < 4.78 is 13.6. The van der Waals surface area contributed by atoms with Gasteiger partial charge in [-0.2, -0.15) is 4.39 Å². The molecule has 2 atom stereocenters. The van der Waals surface area contributed by atoms with E-state index in [1.54, 1.807) is 0 Å². The van der Waals surface area contributed by atoms with Crippen LogP contribution in [0.2, 0.25) is 0 Å². The van der Waals surface area contributed by atoms with E-state index < -0.39 is 28.6 Å². The van der Waals surface area contributed by atoms with Crippen molar-refractivity contribution in [1.82, 2.24) is 0 Å². The summed E-state index contributed by atoms with van der Waals surface area (Å²) in [5.41, 5.74) is -0.266. The van der Waals surface area contributed by atoms with Gasteiger partial charge >= 0.3 is 5.69 Å². The molecule has 0 radical (unpaired) electrons. The van der Waals surface area contributed by atoms with E-state index in [2.05, 4.69) is 0 Å². The lowest BCUT2D eigenvalue weighted by atomic mass is 9.97. The summed E-state index contributed by atoms with van der Waals surface area (Å²) in [5.74, 6) is -0.743. The number of benzene rings is 1. The predicted molar refractivity (Wildman–Crippen MR) is 76.5 cm³/mol. The summed E-state index contributed by atoms with van der Waals surface area (Å²) in [5, 5.41) is 30.4. The molecule has 0 aliphatic carbocycles. The second-order valence-corrected chi connectivity index (χ2v) is 5.83. The molecule has 2 unspecified atom stereocenters. The number of thioether (sulfide) groups is 1. The van der Waals surface area contributed by atoms with E-state index in [0.29, 0.717) is 11.3 Å². The van der Waals surface area contributed by atoms with E-state index in [0.717, 1.165) is 23.9 Å². The number of nitro groups is 1. The number of aliphatic hydroxyl groups excluding tert-OH is 2. The van der Waals surface area contributed by atoms with Gasteiger partial charge in [0, 0.05) is 18.7 Å². The molecule has 0 aliphatic rings. The Balaban J connectivity index is 2.87. The summed E-state index contributed by atoms with van der Waals surface area (Å²) in [4.78, 5) is 20.5. The fourth-order valence-electron chi connectivity index (χ4n) is 1.83. The summed E-state index contributed by atoms with van der Waals surface area (Å²) in [6.07, 6.45) is -2.41. The van der Waals surface area contributed by atoms with E-state index in [1.165, 1.54) is 13.8 Å². The van der Waals surface area contributed by atoms with Gasteiger partial charge in [-0.3, -0.25) is 14.9 Å². The third kappa shape index (κ3) is 4.76. The van der Waals surface area contributed by atoms with E-state index >= 15 is 0 Å². The van der Waals surface area contributed by atoms with Crippen LogP contribution in [0.1, 0.15) is 30.6 Å². The SMILES string of the molecule is CC(=O)SCCC(O)C(O)c1cc(F)c([N+](=O)[O-])cc1C. The zero-order chi connectivity index (χ0) is 16.2. The molecule has 1 aromatic carbocycles. The second kappa shape index (κ2) is 7.48. The topological polar surface area (TPSA) is 101 Å². The van der Waals surface area contributed by atoms with Crippen LogP contribution >= 0.6 is 11.8 Å². The Morgan fingerprint density at radius 1 is 1.48 bits per heavy atom. The van der Waals surface area contributed by atoms with Gasteiger partial charge in [0.1, 0.15) is 6.10 Å². The number of aryl methyl sites for hydroxylation is 1. The molecule has 0 bridgehead atoms. The van der Waals surface area contributed by atoms with Gasteiger partial charge < -0.3 is 10.2 Å². The number of nitro benzene ring substituents is 1. The number of halogens is 1. The summed E-state index contributed by atoms with van der Waals surface area (Å²) in [7, 11) is 0. The van der Waals surface area contributed by atoms with E-state index in [1.807, 2.05) is 0 Å². The minimum atomic E-state index is -1.37. The summed E-state index contributed by atoms with van der Waals surface area (Å²) in [6, 6.07) is 1.88. The van der Waals surface area contributed by atoms with Crippen molar-refractivity contribution in [1.29, 1.82) is 0 Å². The number of aliphatic hydroxyl groups is 2. The van der Waals surface area contributed by atoms with Gasteiger partial charge in [0.15, 0.2) is 5.12 Å². The molecular weight excluding hydrogens is 301 g/mol. The fourth-order valence-corrected chi connectivity index (χ4v) is 2.48. The number of carbonyl (C=O) groups excluding carboxylic acids is 1. The van der Waals surface area contributed by atoms with Gasteiger partial charge in [-0.1, -0.05) is 11.8 Å². The monoisotopic (exact) mass is 317 g/mol. The first kappa shape index (κ1) is 17.5. The smallest absolute Gasteiger partial charge is 0.305 e. The average Bonchev–Trinajstić information content (AvgIpc) is 2.39. The maximum absolute atomic E-state index is 13.6. The third-order valence-electron chi connectivity index (χ3n) is 2.93. The Kier molecular flexibility index (Phi) is 6.25. The molecule has 116 valence electrons.